The van der Waals surface area contributed by atoms with E-state index in [0.717, 1.165) is 42.2 Å². The van der Waals surface area contributed by atoms with Gasteiger partial charge < -0.3 is 19.5 Å². The van der Waals surface area contributed by atoms with E-state index in [4.69, 9.17) is 9.26 Å². The number of aromatic nitrogens is 1. The number of aryl methyl sites for hydroxylation is 3. The number of nitrogens with one attached hydrogen (secondary N) is 1. The topological polar surface area (TPSA) is 67.6 Å². The number of methoxy groups -OCH3 is 1. The van der Waals surface area contributed by atoms with Crippen LogP contribution in [-0.2, 0) is 13.0 Å². The number of nitrogens with zero attached hydrogens (tertiary/aromatic N) is 2. The standard InChI is InChI=1S/C19H25N3O3/c1-12(18-13(2)21-25-14(18)3)20-19(23)22-9-5-6-15-10-17(24-4)8-7-16(15)11-22/h7-8,10,12H,5-6,9,11H2,1-4H3,(H,20,23). The second kappa shape index (κ2) is 7.17. The summed E-state index contributed by atoms with van der Waals surface area (Å²) in [6.45, 7) is 7.06. The van der Waals surface area contributed by atoms with Crippen molar-refractivity contribution in [3.8, 4) is 5.75 Å². The first-order chi connectivity index (χ1) is 12.0. The molecule has 25 heavy (non-hydrogen) atoms. The van der Waals surface area contributed by atoms with Crippen molar-refractivity contribution in [2.45, 2.75) is 46.2 Å². The normalized spacial score (nSPS) is 15.3. The molecule has 1 aromatic carbocycles. The van der Waals surface area contributed by atoms with E-state index in [1.165, 1.54) is 11.1 Å². The average molecular weight is 343 g/mol. The molecule has 2 aromatic rings. The lowest BCUT2D eigenvalue weighted by Gasteiger charge is -2.24. The van der Waals surface area contributed by atoms with E-state index >= 15 is 0 Å². The molecule has 2 amide bonds. The Labute approximate surface area is 148 Å². The highest BCUT2D eigenvalue weighted by Gasteiger charge is 2.23. The highest BCUT2D eigenvalue weighted by atomic mass is 16.5. The minimum atomic E-state index is -0.141. The summed E-state index contributed by atoms with van der Waals surface area (Å²) in [6, 6.07) is 5.88. The quantitative estimate of drug-likeness (QED) is 0.926. The second-order valence-corrected chi connectivity index (χ2v) is 6.57. The number of amides is 2. The summed E-state index contributed by atoms with van der Waals surface area (Å²) in [7, 11) is 1.67. The van der Waals surface area contributed by atoms with E-state index in [-0.39, 0.29) is 12.1 Å². The highest BCUT2D eigenvalue weighted by molar-refractivity contribution is 5.75. The van der Waals surface area contributed by atoms with Crippen molar-refractivity contribution >= 4 is 6.03 Å². The predicted octanol–water partition coefficient (Wildman–Crippen LogP) is 3.52. The Morgan fingerprint density at radius 1 is 1.36 bits per heavy atom. The van der Waals surface area contributed by atoms with Crippen LogP contribution in [0.25, 0.3) is 0 Å². The maximum Gasteiger partial charge on any atom is 0.318 e. The average Bonchev–Trinajstić information content (AvgIpc) is 2.81. The third-order valence-electron chi connectivity index (χ3n) is 4.80. The number of carbonyl (C=O) groups is 1. The zero-order valence-electron chi connectivity index (χ0n) is 15.3. The summed E-state index contributed by atoms with van der Waals surface area (Å²) in [5, 5.41) is 7.04. The summed E-state index contributed by atoms with van der Waals surface area (Å²) in [5.41, 5.74) is 4.21. The van der Waals surface area contributed by atoms with Gasteiger partial charge in [0.05, 0.1) is 18.8 Å². The maximum atomic E-state index is 12.8. The fraction of sp³-hybridized carbons (Fsp3) is 0.474. The van der Waals surface area contributed by atoms with Crippen LogP contribution < -0.4 is 10.1 Å². The monoisotopic (exact) mass is 343 g/mol. The number of rotatable bonds is 3. The molecule has 1 aromatic heterocycles. The first-order valence-electron chi connectivity index (χ1n) is 8.63. The Morgan fingerprint density at radius 3 is 2.84 bits per heavy atom. The van der Waals surface area contributed by atoms with Gasteiger partial charge in [-0.05, 0) is 56.9 Å². The Morgan fingerprint density at radius 2 is 2.16 bits per heavy atom. The molecule has 0 fully saturated rings. The van der Waals surface area contributed by atoms with Gasteiger partial charge in [0, 0.05) is 18.7 Å². The van der Waals surface area contributed by atoms with Crippen molar-refractivity contribution in [3.63, 3.8) is 0 Å². The van der Waals surface area contributed by atoms with Crippen molar-refractivity contribution in [3.05, 3.63) is 46.3 Å². The van der Waals surface area contributed by atoms with Crippen LogP contribution >= 0.6 is 0 Å². The molecule has 1 aliphatic rings. The summed E-state index contributed by atoms with van der Waals surface area (Å²) >= 11 is 0. The van der Waals surface area contributed by atoms with Crippen molar-refractivity contribution in [1.29, 1.82) is 0 Å². The van der Waals surface area contributed by atoms with E-state index in [1.54, 1.807) is 7.11 Å². The van der Waals surface area contributed by atoms with Gasteiger partial charge in [0.2, 0.25) is 0 Å². The highest BCUT2D eigenvalue weighted by Crippen LogP contribution is 2.25. The molecule has 0 saturated carbocycles. The summed E-state index contributed by atoms with van der Waals surface area (Å²) in [6.07, 6.45) is 1.89. The van der Waals surface area contributed by atoms with Gasteiger partial charge in [-0.3, -0.25) is 0 Å². The lowest BCUT2D eigenvalue weighted by Crippen LogP contribution is -2.40. The molecular weight excluding hydrogens is 318 g/mol. The Kier molecular flexibility index (Phi) is 4.97. The fourth-order valence-electron chi connectivity index (χ4n) is 3.49. The van der Waals surface area contributed by atoms with Crippen molar-refractivity contribution in [1.82, 2.24) is 15.4 Å². The van der Waals surface area contributed by atoms with E-state index in [0.29, 0.717) is 6.54 Å². The van der Waals surface area contributed by atoms with Gasteiger partial charge in [-0.2, -0.15) is 0 Å². The van der Waals surface area contributed by atoms with Gasteiger partial charge in [-0.1, -0.05) is 11.2 Å². The Balaban J connectivity index is 1.72. The Hall–Kier alpha value is -2.50. The molecule has 134 valence electrons. The van der Waals surface area contributed by atoms with Gasteiger partial charge in [-0.15, -0.1) is 0 Å². The number of carbonyl (C=O) groups excluding carboxylic acids is 1. The fourth-order valence-corrected chi connectivity index (χ4v) is 3.49. The number of urea groups is 1. The summed E-state index contributed by atoms with van der Waals surface area (Å²) in [5.74, 6) is 1.61. The second-order valence-electron chi connectivity index (χ2n) is 6.57. The molecule has 0 aliphatic carbocycles. The molecule has 2 heterocycles. The largest absolute Gasteiger partial charge is 0.497 e. The number of fused-ring (bicyclic) bond motifs is 1. The van der Waals surface area contributed by atoms with E-state index in [2.05, 4.69) is 22.6 Å². The molecule has 1 atom stereocenters. The molecule has 0 radical (unpaired) electrons. The first kappa shape index (κ1) is 17.3. The van der Waals surface area contributed by atoms with Gasteiger partial charge in [-0.25, -0.2) is 4.79 Å². The molecule has 3 rings (SSSR count). The van der Waals surface area contributed by atoms with E-state index < -0.39 is 0 Å². The predicted molar refractivity (Wildman–Crippen MR) is 94.6 cm³/mol. The van der Waals surface area contributed by atoms with Crippen LogP contribution in [0.1, 0.15) is 47.5 Å². The molecule has 6 heteroatoms. The number of ether oxygens (including phenoxy) is 1. The van der Waals surface area contributed by atoms with Crippen LogP contribution in [0.4, 0.5) is 4.79 Å². The lowest BCUT2D eigenvalue weighted by atomic mass is 10.0. The van der Waals surface area contributed by atoms with Gasteiger partial charge >= 0.3 is 6.03 Å². The minimum Gasteiger partial charge on any atom is -0.497 e. The third kappa shape index (κ3) is 3.62. The van der Waals surface area contributed by atoms with Gasteiger partial charge in [0.25, 0.3) is 0 Å². The van der Waals surface area contributed by atoms with Gasteiger partial charge in [0.15, 0.2) is 0 Å². The zero-order valence-corrected chi connectivity index (χ0v) is 15.3. The van der Waals surface area contributed by atoms with Crippen molar-refractivity contribution < 1.29 is 14.1 Å². The van der Waals surface area contributed by atoms with E-state index in [1.807, 2.05) is 31.7 Å². The molecule has 0 bridgehead atoms. The maximum absolute atomic E-state index is 12.8. The number of hydrogen-bond donors (Lipinski definition) is 1. The SMILES string of the molecule is COc1ccc2c(c1)CCCN(C(=O)NC(C)c1c(C)noc1C)C2. The van der Waals surface area contributed by atoms with Crippen molar-refractivity contribution in [2.75, 3.05) is 13.7 Å². The number of hydrogen-bond acceptors (Lipinski definition) is 4. The van der Waals surface area contributed by atoms with Crippen LogP contribution in [0.2, 0.25) is 0 Å². The molecule has 1 N–H and O–H groups in total. The smallest absolute Gasteiger partial charge is 0.318 e. The zero-order chi connectivity index (χ0) is 18.0. The van der Waals surface area contributed by atoms with Crippen LogP contribution in [0, 0.1) is 13.8 Å². The van der Waals surface area contributed by atoms with Crippen LogP contribution in [0.15, 0.2) is 22.7 Å². The van der Waals surface area contributed by atoms with Crippen LogP contribution in [0.5, 0.6) is 5.75 Å². The minimum absolute atomic E-state index is 0.0591. The Bertz CT molecular complexity index is 750. The number of benzene rings is 1. The first-order valence-corrected chi connectivity index (χ1v) is 8.63. The lowest BCUT2D eigenvalue weighted by molar-refractivity contribution is 0.192. The van der Waals surface area contributed by atoms with Gasteiger partial charge in [0.1, 0.15) is 11.5 Å². The molecule has 1 aliphatic heterocycles. The molecule has 0 saturated heterocycles. The van der Waals surface area contributed by atoms with Crippen LogP contribution in [0.3, 0.4) is 0 Å². The summed E-state index contributed by atoms with van der Waals surface area (Å²) < 4.78 is 10.5. The molecular formula is C19H25N3O3. The van der Waals surface area contributed by atoms with Crippen LogP contribution in [-0.4, -0.2) is 29.7 Å². The van der Waals surface area contributed by atoms with Crippen molar-refractivity contribution in [2.24, 2.45) is 0 Å². The molecule has 6 nitrogen and oxygen atoms in total. The molecule has 0 spiro atoms. The molecule has 1 unspecified atom stereocenters. The van der Waals surface area contributed by atoms with E-state index in [9.17, 15) is 4.79 Å². The summed E-state index contributed by atoms with van der Waals surface area (Å²) in [4.78, 5) is 14.6. The third-order valence-corrected chi connectivity index (χ3v) is 4.80.